The van der Waals surface area contributed by atoms with E-state index < -0.39 is 19.9 Å². The molecule has 0 saturated heterocycles. The quantitative estimate of drug-likeness (QED) is 0.595. The smallest absolute Gasteiger partial charge is 0.402 e. The minimum absolute atomic E-state index is 0.291. The van der Waals surface area contributed by atoms with E-state index in [9.17, 15) is 8.78 Å². The maximum atomic E-state index is 12.3. The summed E-state index contributed by atoms with van der Waals surface area (Å²) in [6, 6.07) is 0. The Balaban J connectivity index is 3.61. The molecule has 66 valence electrons. The van der Waals surface area contributed by atoms with Crippen LogP contribution in [0.5, 0.6) is 0 Å². The van der Waals surface area contributed by atoms with E-state index in [2.05, 4.69) is 4.65 Å². The van der Waals surface area contributed by atoms with Crippen molar-refractivity contribution < 1.29 is 23.5 Å². The molecule has 0 aromatic carbocycles. The highest BCUT2D eigenvalue weighted by Gasteiger charge is 2.34. The number of hydrogen-bond acceptors (Lipinski definition) is 3. The summed E-state index contributed by atoms with van der Waals surface area (Å²) in [5.41, 5.74) is 0. The van der Waals surface area contributed by atoms with Gasteiger partial charge in [-0.15, -0.1) is 0 Å². The van der Waals surface area contributed by atoms with E-state index in [1.54, 1.807) is 6.92 Å². The second-order valence-corrected chi connectivity index (χ2v) is 2.19. The summed E-state index contributed by atoms with van der Waals surface area (Å²) in [7, 11) is -2.40. The molecule has 0 aliphatic rings. The number of alkyl halides is 2. The summed E-state index contributed by atoms with van der Waals surface area (Å²) in [6.45, 7) is 1.76. The van der Waals surface area contributed by atoms with Gasteiger partial charge < -0.3 is 14.7 Å². The van der Waals surface area contributed by atoms with Crippen molar-refractivity contribution in [3.63, 3.8) is 0 Å². The summed E-state index contributed by atoms with van der Waals surface area (Å²) in [6.07, 6.45) is -3.01. The first-order chi connectivity index (χ1) is 4.98. The van der Waals surface area contributed by atoms with Crippen LogP contribution in [-0.4, -0.2) is 23.5 Å². The lowest BCUT2D eigenvalue weighted by molar-refractivity contribution is -0.200. The van der Waals surface area contributed by atoms with Gasteiger partial charge in [-0.2, -0.15) is 8.78 Å². The van der Waals surface area contributed by atoms with Crippen LogP contribution in [0.1, 0.15) is 26.2 Å². The van der Waals surface area contributed by atoms with Crippen LogP contribution in [0, 0.1) is 0 Å². The van der Waals surface area contributed by atoms with Crippen molar-refractivity contribution in [1.82, 2.24) is 0 Å². The maximum absolute atomic E-state index is 12.3. The van der Waals surface area contributed by atoms with Gasteiger partial charge in [0.1, 0.15) is 0 Å². The molecule has 0 unspecified atom stereocenters. The molecule has 0 aromatic rings. The molecule has 0 rings (SSSR count). The Morgan fingerprint density at radius 2 is 2.00 bits per heavy atom. The fourth-order valence-electron chi connectivity index (χ4n) is 0.596. The van der Waals surface area contributed by atoms with E-state index in [4.69, 9.17) is 10.0 Å². The normalized spacial score (nSPS) is 11.7. The van der Waals surface area contributed by atoms with Crippen LogP contribution in [0.3, 0.4) is 0 Å². The molecule has 2 N–H and O–H groups in total. The zero-order valence-electron chi connectivity index (χ0n) is 6.26. The summed E-state index contributed by atoms with van der Waals surface area (Å²) in [5.74, 6) is 0. The van der Waals surface area contributed by atoms with E-state index in [0.717, 1.165) is 0 Å². The monoisotopic (exact) mass is 168 g/mol. The highest BCUT2D eigenvalue weighted by molar-refractivity contribution is 6.32. The molecule has 0 atom stereocenters. The standard InChI is InChI=1S/C5H11BF2O3/c1-2-3-4-5(7,8)11-6(9)10/h9-10H,2-4H2,1H3. The molecule has 0 aliphatic heterocycles. The number of rotatable bonds is 5. The van der Waals surface area contributed by atoms with Gasteiger partial charge in [0, 0.05) is 6.42 Å². The van der Waals surface area contributed by atoms with Crippen molar-refractivity contribution in [2.24, 2.45) is 0 Å². The largest absolute Gasteiger partial charge is 0.638 e. The summed E-state index contributed by atoms with van der Waals surface area (Å²) < 4.78 is 28.2. The number of halogens is 2. The zero-order valence-corrected chi connectivity index (χ0v) is 6.26. The van der Waals surface area contributed by atoms with Gasteiger partial charge in [0.25, 0.3) is 0 Å². The topological polar surface area (TPSA) is 49.7 Å². The van der Waals surface area contributed by atoms with Gasteiger partial charge in [0.05, 0.1) is 0 Å². The first kappa shape index (κ1) is 10.8. The van der Waals surface area contributed by atoms with Crippen molar-refractivity contribution in [2.45, 2.75) is 32.3 Å². The Morgan fingerprint density at radius 1 is 1.45 bits per heavy atom. The SMILES string of the molecule is CCCCC(F)(F)OB(O)O. The third-order valence-electron chi connectivity index (χ3n) is 1.10. The molecule has 0 aliphatic carbocycles. The van der Waals surface area contributed by atoms with E-state index in [1.807, 2.05) is 0 Å². The highest BCUT2D eigenvalue weighted by atomic mass is 19.3. The predicted octanol–water partition coefficient (Wildman–Crippen LogP) is 0.755. The summed E-state index contributed by atoms with van der Waals surface area (Å²) >= 11 is 0. The van der Waals surface area contributed by atoms with Crippen molar-refractivity contribution in [2.75, 3.05) is 0 Å². The van der Waals surface area contributed by atoms with Crippen molar-refractivity contribution in [3.8, 4) is 0 Å². The number of hydrogen-bond donors (Lipinski definition) is 2. The minimum atomic E-state index is -3.43. The second kappa shape index (κ2) is 4.64. The lowest BCUT2D eigenvalue weighted by atomic mass is 10.2. The van der Waals surface area contributed by atoms with Gasteiger partial charge >= 0.3 is 13.4 Å². The second-order valence-electron chi connectivity index (χ2n) is 2.19. The molecular weight excluding hydrogens is 157 g/mol. The predicted molar refractivity (Wildman–Crippen MR) is 35.7 cm³/mol. The first-order valence-corrected chi connectivity index (χ1v) is 3.39. The average Bonchev–Trinajstić information content (AvgIpc) is 1.81. The van der Waals surface area contributed by atoms with Crippen LogP contribution >= 0.6 is 0 Å². The Bertz CT molecular complexity index is 110. The molecule has 11 heavy (non-hydrogen) atoms. The van der Waals surface area contributed by atoms with Gasteiger partial charge in [-0.25, -0.2) is 0 Å². The number of unbranched alkanes of at least 4 members (excludes halogenated alkanes) is 1. The van der Waals surface area contributed by atoms with Crippen LogP contribution in [0.15, 0.2) is 0 Å². The molecule has 0 heterocycles. The zero-order chi connectivity index (χ0) is 8.91. The fourth-order valence-corrected chi connectivity index (χ4v) is 0.596. The summed E-state index contributed by atoms with van der Waals surface area (Å²) in [5, 5.41) is 16.1. The lowest BCUT2D eigenvalue weighted by Gasteiger charge is -2.15. The van der Waals surface area contributed by atoms with E-state index in [0.29, 0.717) is 12.8 Å². The molecule has 0 amide bonds. The van der Waals surface area contributed by atoms with Gasteiger partial charge in [-0.1, -0.05) is 13.3 Å². The average molecular weight is 168 g/mol. The van der Waals surface area contributed by atoms with Crippen LogP contribution < -0.4 is 0 Å². The molecule has 0 aromatic heterocycles. The Labute approximate surface area is 64.2 Å². The molecule has 0 spiro atoms. The van der Waals surface area contributed by atoms with Crippen LogP contribution in [0.2, 0.25) is 0 Å². The van der Waals surface area contributed by atoms with E-state index in [1.165, 1.54) is 0 Å². The van der Waals surface area contributed by atoms with Crippen LogP contribution in [0.4, 0.5) is 8.78 Å². The molecule has 0 radical (unpaired) electrons. The molecule has 0 bridgehead atoms. The third-order valence-corrected chi connectivity index (χ3v) is 1.10. The van der Waals surface area contributed by atoms with Gasteiger partial charge in [-0.3, -0.25) is 0 Å². The van der Waals surface area contributed by atoms with Gasteiger partial charge in [-0.05, 0) is 6.42 Å². The minimum Gasteiger partial charge on any atom is -0.402 e. The first-order valence-electron chi connectivity index (χ1n) is 3.39. The Morgan fingerprint density at radius 3 is 2.36 bits per heavy atom. The van der Waals surface area contributed by atoms with E-state index in [-0.39, 0.29) is 0 Å². The van der Waals surface area contributed by atoms with Crippen LogP contribution in [0.25, 0.3) is 0 Å². The molecule has 0 fully saturated rings. The Hall–Kier alpha value is -0.195. The van der Waals surface area contributed by atoms with Crippen molar-refractivity contribution >= 4 is 7.32 Å². The molecule has 3 nitrogen and oxygen atoms in total. The van der Waals surface area contributed by atoms with Crippen LogP contribution in [-0.2, 0) is 4.65 Å². The van der Waals surface area contributed by atoms with E-state index >= 15 is 0 Å². The molecule has 0 saturated carbocycles. The lowest BCUT2D eigenvalue weighted by Crippen LogP contribution is -2.31. The fraction of sp³-hybridized carbons (Fsp3) is 1.00. The van der Waals surface area contributed by atoms with Crippen molar-refractivity contribution in [3.05, 3.63) is 0 Å². The third kappa shape index (κ3) is 6.21. The molecular formula is C5H11BF2O3. The highest BCUT2D eigenvalue weighted by Crippen LogP contribution is 2.22. The summed E-state index contributed by atoms with van der Waals surface area (Å²) in [4.78, 5) is 0. The van der Waals surface area contributed by atoms with Gasteiger partial charge in [0.15, 0.2) is 0 Å². The van der Waals surface area contributed by atoms with Crippen molar-refractivity contribution in [1.29, 1.82) is 0 Å². The maximum Gasteiger partial charge on any atom is 0.638 e. The molecule has 6 heteroatoms. The Kier molecular flexibility index (Phi) is 4.55. The van der Waals surface area contributed by atoms with Gasteiger partial charge in [0.2, 0.25) is 0 Å².